The van der Waals surface area contributed by atoms with Gasteiger partial charge in [-0.05, 0) is 20.3 Å². The van der Waals surface area contributed by atoms with Crippen molar-refractivity contribution in [2.45, 2.75) is 38.9 Å². The summed E-state index contributed by atoms with van der Waals surface area (Å²) in [6, 6.07) is 0. The predicted molar refractivity (Wildman–Crippen MR) is 45.9 cm³/mol. The number of aliphatic carboxylic acids is 1. The summed E-state index contributed by atoms with van der Waals surface area (Å²) in [5.74, 6) is -0.931. The fraction of sp³-hybridized carbons (Fsp3) is 0.875. The van der Waals surface area contributed by atoms with E-state index >= 15 is 0 Å². The van der Waals surface area contributed by atoms with Crippen molar-refractivity contribution in [3.8, 4) is 0 Å². The molecule has 12 heavy (non-hydrogen) atoms. The molecule has 0 radical (unpaired) electrons. The van der Waals surface area contributed by atoms with Crippen molar-refractivity contribution < 1.29 is 14.6 Å². The Kier molecular flexibility index (Phi) is 4.20. The molecule has 4 nitrogen and oxygen atoms in total. The summed E-state index contributed by atoms with van der Waals surface area (Å²) in [5.41, 5.74) is 4.84. The van der Waals surface area contributed by atoms with Crippen LogP contribution in [-0.2, 0) is 9.53 Å². The third-order valence-electron chi connectivity index (χ3n) is 1.60. The maximum absolute atomic E-state index is 10.6. The van der Waals surface area contributed by atoms with Gasteiger partial charge in [-0.25, -0.2) is 4.79 Å². The molecule has 1 unspecified atom stereocenters. The van der Waals surface area contributed by atoms with Crippen LogP contribution in [0.1, 0.15) is 27.2 Å². The van der Waals surface area contributed by atoms with Crippen LogP contribution < -0.4 is 5.73 Å². The fourth-order valence-corrected chi connectivity index (χ4v) is 0.742. The van der Waals surface area contributed by atoms with Crippen LogP contribution in [0.25, 0.3) is 0 Å². The van der Waals surface area contributed by atoms with Crippen LogP contribution in [0.15, 0.2) is 0 Å². The Labute approximate surface area is 72.7 Å². The van der Waals surface area contributed by atoms with Crippen LogP contribution in [-0.4, -0.2) is 29.3 Å². The van der Waals surface area contributed by atoms with Crippen LogP contribution in [0.2, 0.25) is 0 Å². The number of hydrogen-bond donors (Lipinski definition) is 2. The second kappa shape index (κ2) is 4.42. The Morgan fingerprint density at radius 2 is 2.17 bits per heavy atom. The van der Waals surface area contributed by atoms with Gasteiger partial charge in [0.05, 0.1) is 5.60 Å². The minimum Gasteiger partial charge on any atom is -0.479 e. The molecule has 0 aromatic heterocycles. The lowest BCUT2D eigenvalue weighted by molar-refractivity contribution is -0.160. The largest absolute Gasteiger partial charge is 0.479 e. The Balaban J connectivity index is 4.11. The van der Waals surface area contributed by atoms with Gasteiger partial charge in [-0.15, -0.1) is 0 Å². The standard InChI is InChI=1S/C8H17NO3/c1-4-6(7(10)11)12-8(2,3)5-9/h6H,4-5,9H2,1-3H3,(H,10,11). The average molecular weight is 175 g/mol. The Morgan fingerprint density at radius 3 is 2.42 bits per heavy atom. The molecular weight excluding hydrogens is 158 g/mol. The van der Waals surface area contributed by atoms with Crippen LogP contribution >= 0.6 is 0 Å². The third-order valence-corrected chi connectivity index (χ3v) is 1.60. The Hall–Kier alpha value is -0.610. The first-order valence-electron chi connectivity index (χ1n) is 4.03. The van der Waals surface area contributed by atoms with Crippen LogP contribution in [0.5, 0.6) is 0 Å². The summed E-state index contributed by atoms with van der Waals surface area (Å²) in [5, 5.41) is 8.67. The van der Waals surface area contributed by atoms with Gasteiger partial charge in [-0.2, -0.15) is 0 Å². The van der Waals surface area contributed by atoms with E-state index in [4.69, 9.17) is 15.6 Å². The molecule has 0 saturated carbocycles. The molecule has 0 amide bonds. The van der Waals surface area contributed by atoms with E-state index in [0.29, 0.717) is 13.0 Å². The lowest BCUT2D eigenvalue weighted by Gasteiger charge is -2.26. The van der Waals surface area contributed by atoms with Gasteiger partial charge in [0.1, 0.15) is 0 Å². The molecule has 0 rings (SSSR count). The fourth-order valence-electron chi connectivity index (χ4n) is 0.742. The molecule has 0 saturated heterocycles. The van der Waals surface area contributed by atoms with Gasteiger partial charge in [0, 0.05) is 6.54 Å². The smallest absolute Gasteiger partial charge is 0.332 e. The van der Waals surface area contributed by atoms with E-state index in [2.05, 4.69) is 0 Å². The molecule has 0 spiro atoms. The minimum absolute atomic E-state index is 0.316. The minimum atomic E-state index is -0.931. The van der Waals surface area contributed by atoms with Crippen LogP contribution in [0, 0.1) is 0 Å². The van der Waals surface area contributed by atoms with Crippen molar-refractivity contribution in [2.24, 2.45) is 5.73 Å². The van der Waals surface area contributed by atoms with E-state index < -0.39 is 17.7 Å². The molecular formula is C8H17NO3. The number of nitrogens with two attached hydrogens (primary N) is 1. The quantitative estimate of drug-likeness (QED) is 0.642. The first-order valence-corrected chi connectivity index (χ1v) is 4.03. The van der Waals surface area contributed by atoms with Gasteiger partial charge in [0.15, 0.2) is 6.10 Å². The van der Waals surface area contributed by atoms with Gasteiger partial charge >= 0.3 is 5.97 Å². The normalized spacial score (nSPS) is 14.3. The molecule has 0 bridgehead atoms. The lowest BCUT2D eigenvalue weighted by atomic mass is 10.1. The Bertz CT molecular complexity index is 156. The van der Waals surface area contributed by atoms with E-state index in [1.807, 2.05) is 0 Å². The number of carbonyl (C=O) groups is 1. The molecule has 3 N–H and O–H groups in total. The molecule has 0 aromatic rings. The maximum Gasteiger partial charge on any atom is 0.332 e. The van der Waals surface area contributed by atoms with Gasteiger partial charge in [0.25, 0.3) is 0 Å². The summed E-state index contributed by atoms with van der Waals surface area (Å²) in [6.07, 6.45) is -0.290. The highest BCUT2D eigenvalue weighted by molar-refractivity contribution is 5.72. The molecule has 4 heteroatoms. The summed E-state index contributed by atoms with van der Waals surface area (Å²) >= 11 is 0. The number of carboxylic acid groups (broad SMARTS) is 1. The van der Waals surface area contributed by atoms with Crippen molar-refractivity contribution in [3.05, 3.63) is 0 Å². The summed E-state index contributed by atoms with van der Waals surface area (Å²) in [7, 11) is 0. The van der Waals surface area contributed by atoms with E-state index in [1.54, 1.807) is 20.8 Å². The SMILES string of the molecule is CCC(OC(C)(C)CN)C(=O)O. The van der Waals surface area contributed by atoms with Gasteiger partial charge < -0.3 is 15.6 Å². The van der Waals surface area contributed by atoms with Crippen molar-refractivity contribution in [1.82, 2.24) is 0 Å². The molecule has 0 heterocycles. The van der Waals surface area contributed by atoms with Gasteiger partial charge in [-0.1, -0.05) is 6.92 Å². The zero-order valence-corrected chi connectivity index (χ0v) is 7.83. The number of carboxylic acids is 1. The number of ether oxygens (including phenoxy) is 1. The topological polar surface area (TPSA) is 72.5 Å². The van der Waals surface area contributed by atoms with E-state index in [1.165, 1.54) is 0 Å². The molecule has 0 aliphatic rings. The average Bonchev–Trinajstić information content (AvgIpc) is 2.00. The van der Waals surface area contributed by atoms with Crippen molar-refractivity contribution in [1.29, 1.82) is 0 Å². The molecule has 0 aliphatic carbocycles. The molecule has 0 fully saturated rings. The first kappa shape index (κ1) is 11.4. The van der Waals surface area contributed by atoms with Crippen LogP contribution in [0.3, 0.4) is 0 Å². The summed E-state index contributed by atoms with van der Waals surface area (Å²) < 4.78 is 5.27. The van der Waals surface area contributed by atoms with E-state index in [-0.39, 0.29) is 0 Å². The summed E-state index contributed by atoms with van der Waals surface area (Å²) in [4.78, 5) is 10.6. The zero-order valence-electron chi connectivity index (χ0n) is 7.83. The third kappa shape index (κ3) is 3.69. The van der Waals surface area contributed by atoms with Crippen LogP contribution in [0.4, 0.5) is 0 Å². The molecule has 0 aliphatic heterocycles. The second-order valence-electron chi connectivity index (χ2n) is 3.32. The first-order chi connectivity index (χ1) is 5.43. The number of hydrogen-bond acceptors (Lipinski definition) is 3. The monoisotopic (exact) mass is 175 g/mol. The highest BCUT2D eigenvalue weighted by Gasteiger charge is 2.25. The summed E-state index contributed by atoms with van der Waals surface area (Å²) in [6.45, 7) is 5.64. The second-order valence-corrected chi connectivity index (χ2v) is 3.32. The van der Waals surface area contributed by atoms with Gasteiger partial charge in [-0.3, -0.25) is 0 Å². The predicted octanol–water partition coefficient (Wildman–Crippen LogP) is 0.603. The van der Waals surface area contributed by atoms with E-state index in [9.17, 15) is 4.79 Å². The number of rotatable bonds is 5. The molecule has 0 aromatic carbocycles. The maximum atomic E-state index is 10.6. The highest BCUT2D eigenvalue weighted by atomic mass is 16.5. The van der Waals surface area contributed by atoms with Crippen molar-refractivity contribution in [3.63, 3.8) is 0 Å². The lowest BCUT2D eigenvalue weighted by Crippen LogP contribution is -2.40. The Morgan fingerprint density at radius 1 is 1.67 bits per heavy atom. The van der Waals surface area contributed by atoms with E-state index in [0.717, 1.165) is 0 Å². The molecule has 1 atom stereocenters. The molecule has 72 valence electrons. The zero-order chi connectivity index (χ0) is 9.78. The van der Waals surface area contributed by atoms with Crippen molar-refractivity contribution >= 4 is 5.97 Å². The van der Waals surface area contributed by atoms with Crippen molar-refractivity contribution in [2.75, 3.05) is 6.54 Å². The van der Waals surface area contributed by atoms with Gasteiger partial charge in [0.2, 0.25) is 0 Å². The highest BCUT2D eigenvalue weighted by Crippen LogP contribution is 2.12.